The third-order valence-corrected chi connectivity index (χ3v) is 5.21. The van der Waals surface area contributed by atoms with Gasteiger partial charge in [0.2, 0.25) is 11.8 Å². The summed E-state index contributed by atoms with van der Waals surface area (Å²) in [6.07, 6.45) is 4.91. The number of halogens is 1. The van der Waals surface area contributed by atoms with E-state index in [9.17, 15) is 9.59 Å². The van der Waals surface area contributed by atoms with Crippen LogP contribution in [-0.4, -0.2) is 36.3 Å². The third-order valence-electron chi connectivity index (χ3n) is 4.68. The van der Waals surface area contributed by atoms with Gasteiger partial charge in [0.25, 0.3) is 0 Å². The Balaban J connectivity index is 1.70. The summed E-state index contributed by atoms with van der Waals surface area (Å²) in [5, 5.41) is 2.94. The molecule has 2 saturated carbocycles. The van der Waals surface area contributed by atoms with Crippen molar-refractivity contribution in [2.75, 3.05) is 13.6 Å². The topological polar surface area (TPSA) is 49.4 Å². The van der Waals surface area contributed by atoms with Crippen LogP contribution in [0.15, 0.2) is 28.7 Å². The number of likely N-dealkylation sites (N-methyl/N-ethyl adjacent to an activating group) is 1. The van der Waals surface area contributed by atoms with E-state index in [1.807, 2.05) is 24.3 Å². The van der Waals surface area contributed by atoms with E-state index in [1.54, 1.807) is 11.9 Å². The molecule has 4 nitrogen and oxygen atoms in total. The van der Waals surface area contributed by atoms with E-state index in [0.29, 0.717) is 6.04 Å². The van der Waals surface area contributed by atoms with E-state index >= 15 is 0 Å². The van der Waals surface area contributed by atoms with Gasteiger partial charge < -0.3 is 10.2 Å². The summed E-state index contributed by atoms with van der Waals surface area (Å²) in [5.41, 5.74) is 0.622. The van der Waals surface area contributed by atoms with Crippen molar-refractivity contribution in [3.05, 3.63) is 34.3 Å². The molecule has 118 valence electrons. The molecular weight excluding hydrogens is 344 g/mol. The molecule has 1 aromatic carbocycles. The number of nitrogens with zero attached hydrogens (tertiary/aromatic N) is 1. The predicted molar refractivity (Wildman–Crippen MR) is 88.5 cm³/mol. The van der Waals surface area contributed by atoms with Gasteiger partial charge in [0, 0.05) is 17.6 Å². The molecule has 0 saturated heterocycles. The van der Waals surface area contributed by atoms with Crippen LogP contribution in [0.5, 0.6) is 0 Å². The Morgan fingerprint density at radius 1 is 1.27 bits per heavy atom. The molecule has 0 aliphatic heterocycles. The Bertz CT molecular complexity index is 577. The first-order chi connectivity index (χ1) is 10.5. The molecule has 1 N–H and O–H groups in total. The number of nitrogens with one attached hydrogen (secondary N) is 1. The SMILES string of the molecule is CN(CC(=O)NC1CC1)C(=O)C1(c2ccc(Br)cc2)CCC1. The first-order valence-electron chi connectivity index (χ1n) is 7.82. The van der Waals surface area contributed by atoms with Gasteiger partial charge in [-0.25, -0.2) is 0 Å². The van der Waals surface area contributed by atoms with E-state index in [1.165, 1.54) is 0 Å². The van der Waals surface area contributed by atoms with Gasteiger partial charge in [0.05, 0.1) is 12.0 Å². The van der Waals surface area contributed by atoms with Gasteiger partial charge in [-0.15, -0.1) is 0 Å². The minimum atomic E-state index is -0.435. The second-order valence-corrected chi connectivity index (χ2v) is 7.36. The van der Waals surface area contributed by atoms with Crippen LogP contribution in [0, 0.1) is 0 Å². The van der Waals surface area contributed by atoms with Crippen molar-refractivity contribution in [3.8, 4) is 0 Å². The highest BCUT2D eigenvalue weighted by molar-refractivity contribution is 9.10. The summed E-state index contributed by atoms with van der Waals surface area (Å²) in [5.74, 6) is 0.00986. The Labute approximate surface area is 139 Å². The maximum absolute atomic E-state index is 12.9. The molecule has 22 heavy (non-hydrogen) atoms. The Hall–Kier alpha value is -1.36. The molecule has 0 unspecified atom stereocenters. The lowest BCUT2D eigenvalue weighted by Crippen LogP contribution is -2.52. The smallest absolute Gasteiger partial charge is 0.239 e. The van der Waals surface area contributed by atoms with Crippen LogP contribution < -0.4 is 5.32 Å². The molecule has 0 heterocycles. The summed E-state index contributed by atoms with van der Waals surface area (Å²) in [6, 6.07) is 8.31. The third kappa shape index (κ3) is 3.05. The van der Waals surface area contributed by atoms with Gasteiger partial charge in [-0.3, -0.25) is 9.59 Å². The average Bonchev–Trinajstić information content (AvgIpc) is 3.23. The highest BCUT2D eigenvalue weighted by Crippen LogP contribution is 2.45. The lowest BCUT2D eigenvalue weighted by atomic mass is 9.63. The number of rotatable bonds is 5. The van der Waals surface area contributed by atoms with E-state index in [2.05, 4.69) is 21.2 Å². The van der Waals surface area contributed by atoms with Gasteiger partial charge in [-0.05, 0) is 43.4 Å². The highest BCUT2D eigenvalue weighted by atomic mass is 79.9. The van der Waals surface area contributed by atoms with Crippen molar-refractivity contribution < 1.29 is 9.59 Å². The number of hydrogen-bond donors (Lipinski definition) is 1. The summed E-state index contributed by atoms with van der Waals surface area (Å²) in [7, 11) is 1.73. The zero-order valence-electron chi connectivity index (χ0n) is 12.8. The molecule has 0 bridgehead atoms. The number of carbonyl (C=O) groups is 2. The fourth-order valence-electron chi connectivity index (χ4n) is 3.08. The van der Waals surface area contributed by atoms with Crippen LogP contribution in [0.3, 0.4) is 0 Å². The molecular formula is C17H21BrN2O2. The van der Waals surface area contributed by atoms with Crippen molar-refractivity contribution in [1.29, 1.82) is 0 Å². The molecule has 3 rings (SSSR count). The Morgan fingerprint density at radius 3 is 2.41 bits per heavy atom. The zero-order valence-corrected chi connectivity index (χ0v) is 14.4. The normalized spacial score (nSPS) is 19.2. The van der Waals surface area contributed by atoms with Crippen molar-refractivity contribution in [2.45, 2.75) is 43.6 Å². The van der Waals surface area contributed by atoms with Crippen LogP contribution in [0.4, 0.5) is 0 Å². The van der Waals surface area contributed by atoms with Gasteiger partial charge in [0.1, 0.15) is 0 Å². The van der Waals surface area contributed by atoms with Gasteiger partial charge in [0.15, 0.2) is 0 Å². The number of amides is 2. The summed E-state index contributed by atoms with van der Waals surface area (Å²) < 4.78 is 1.01. The predicted octanol–water partition coefficient (Wildman–Crippen LogP) is 2.61. The molecule has 5 heteroatoms. The van der Waals surface area contributed by atoms with E-state index in [-0.39, 0.29) is 18.4 Å². The molecule has 0 spiro atoms. The maximum Gasteiger partial charge on any atom is 0.239 e. The molecule has 1 aromatic rings. The van der Waals surface area contributed by atoms with Crippen molar-refractivity contribution in [2.24, 2.45) is 0 Å². The summed E-state index contributed by atoms with van der Waals surface area (Å²) in [4.78, 5) is 26.4. The summed E-state index contributed by atoms with van der Waals surface area (Å²) in [6.45, 7) is 0.146. The standard InChI is InChI=1S/C17H21BrN2O2/c1-20(11-15(21)19-14-7-8-14)16(22)17(9-2-10-17)12-3-5-13(18)6-4-12/h3-6,14H,2,7-11H2,1H3,(H,19,21). The number of hydrogen-bond acceptors (Lipinski definition) is 2. The molecule has 2 aliphatic carbocycles. The first-order valence-corrected chi connectivity index (χ1v) is 8.61. The molecule has 0 radical (unpaired) electrons. The minimum Gasteiger partial charge on any atom is -0.352 e. The largest absolute Gasteiger partial charge is 0.352 e. The van der Waals surface area contributed by atoms with Gasteiger partial charge in [-0.1, -0.05) is 34.5 Å². The minimum absolute atomic E-state index is 0.0522. The molecule has 0 atom stereocenters. The van der Waals surface area contributed by atoms with Crippen LogP contribution in [0.25, 0.3) is 0 Å². The van der Waals surface area contributed by atoms with Crippen molar-refractivity contribution in [3.63, 3.8) is 0 Å². The van der Waals surface area contributed by atoms with Gasteiger partial charge >= 0.3 is 0 Å². The fraction of sp³-hybridized carbons (Fsp3) is 0.529. The van der Waals surface area contributed by atoms with Gasteiger partial charge in [-0.2, -0.15) is 0 Å². The van der Waals surface area contributed by atoms with Crippen LogP contribution in [0.2, 0.25) is 0 Å². The van der Waals surface area contributed by atoms with E-state index in [4.69, 9.17) is 0 Å². The quantitative estimate of drug-likeness (QED) is 0.872. The monoisotopic (exact) mass is 364 g/mol. The maximum atomic E-state index is 12.9. The highest BCUT2D eigenvalue weighted by Gasteiger charge is 2.47. The second kappa shape index (κ2) is 6.03. The second-order valence-electron chi connectivity index (χ2n) is 6.45. The molecule has 0 aromatic heterocycles. The molecule has 2 fully saturated rings. The summed E-state index contributed by atoms with van der Waals surface area (Å²) >= 11 is 3.43. The number of carbonyl (C=O) groups excluding carboxylic acids is 2. The zero-order chi connectivity index (χ0) is 15.7. The van der Waals surface area contributed by atoms with Crippen LogP contribution in [0.1, 0.15) is 37.7 Å². The lowest BCUT2D eigenvalue weighted by molar-refractivity contribution is -0.142. The number of benzene rings is 1. The fourth-order valence-corrected chi connectivity index (χ4v) is 3.34. The Kier molecular flexibility index (Phi) is 4.26. The lowest BCUT2D eigenvalue weighted by Gasteiger charge is -2.43. The first kappa shape index (κ1) is 15.5. The van der Waals surface area contributed by atoms with Crippen LogP contribution >= 0.6 is 15.9 Å². The van der Waals surface area contributed by atoms with Crippen LogP contribution in [-0.2, 0) is 15.0 Å². The van der Waals surface area contributed by atoms with Crippen molar-refractivity contribution in [1.82, 2.24) is 10.2 Å². The van der Waals surface area contributed by atoms with Crippen molar-refractivity contribution >= 4 is 27.7 Å². The van der Waals surface area contributed by atoms with E-state index in [0.717, 1.165) is 42.1 Å². The average molecular weight is 365 g/mol. The van der Waals surface area contributed by atoms with E-state index < -0.39 is 5.41 Å². The molecule has 2 amide bonds. The molecule has 2 aliphatic rings. The Morgan fingerprint density at radius 2 is 1.91 bits per heavy atom.